The lowest BCUT2D eigenvalue weighted by Gasteiger charge is -2.41. The minimum absolute atomic E-state index is 0.0128. The highest BCUT2D eigenvalue weighted by Crippen LogP contribution is 2.43. The molecule has 3 heteroatoms. The van der Waals surface area contributed by atoms with Crippen LogP contribution in [0.15, 0.2) is 24.3 Å². The van der Waals surface area contributed by atoms with E-state index in [0.29, 0.717) is 17.5 Å². The van der Waals surface area contributed by atoms with Crippen molar-refractivity contribution >= 4 is 5.91 Å². The lowest BCUT2D eigenvalue weighted by atomic mass is 9.67. The number of carbonyl (C=O) groups excluding carboxylic acids is 1. The van der Waals surface area contributed by atoms with Crippen LogP contribution in [0.2, 0.25) is 0 Å². The molecular formula is C17H22N2O. The fourth-order valence-electron chi connectivity index (χ4n) is 2.59. The minimum atomic E-state index is -0.0128. The van der Waals surface area contributed by atoms with Crippen LogP contribution >= 0.6 is 0 Å². The predicted molar refractivity (Wildman–Crippen MR) is 81.3 cm³/mol. The standard InChI is InChI=1S/C17H22N2O/c1-2-17(9-5-10-17)13-19-16(20)15-8-3-6-14(12-15)7-4-11-18/h3,6,8,12H,2,5,9-11,13,18H2,1H3,(H,19,20). The van der Waals surface area contributed by atoms with Gasteiger partial charge < -0.3 is 11.1 Å². The van der Waals surface area contributed by atoms with Crippen molar-refractivity contribution in [1.29, 1.82) is 0 Å². The van der Waals surface area contributed by atoms with Crippen LogP contribution in [0.25, 0.3) is 0 Å². The highest BCUT2D eigenvalue weighted by Gasteiger charge is 2.35. The molecule has 0 bridgehead atoms. The number of nitrogens with two attached hydrogens (primary N) is 1. The smallest absolute Gasteiger partial charge is 0.251 e. The molecule has 0 atom stereocenters. The third-order valence-electron chi connectivity index (χ3n) is 4.25. The number of hydrogen-bond acceptors (Lipinski definition) is 2. The molecule has 3 nitrogen and oxygen atoms in total. The summed E-state index contributed by atoms with van der Waals surface area (Å²) in [7, 11) is 0. The lowest BCUT2D eigenvalue weighted by molar-refractivity contribution is 0.0850. The van der Waals surface area contributed by atoms with Gasteiger partial charge in [0.15, 0.2) is 0 Å². The summed E-state index contributed by atoms with van der Waals surface area (Å²) in [6.45, 7) is 3.31. The molecule has 0 spiro atoms. The average Bonchev–Trinajstić information content (AvgIpc) is 2.44. The summed E-state index contributed by atoms with van der Waals surface area (Å²) in [5, 5.41) is 3.06. The van der Waals surface area contributed by atoms with E-state index in [1.807, 2.05) is 24.3 Å². The maximum atomic E-state index is 12.2. The number of benzene rings is 1. The van der Waals surface area contributed by atoms with E-state index in [1.54, 1.807) is 0 Å². The SMILES string of the molecule is CCC1(CNC(=O)c2cccc(C#CCN)c2)CCC1. The summed E-state index contributed by atoms with van der Waals surface area (Å²) in [4.78, 5) is 12.2. The maximum Gasteiger partial charge on any atom is 0.251 e. The Balaban J connectivity index is 1.98. The van der Waals surface area contributed by atoms with Crippen molar-refractivity contribution in [3.05, 3.63) is 35.4 Å². The first-order chi connectivity index (χ1) is 9.69. The highest BCUT2D eigenvalue weighted by molar-refractivity contribution is 5.94. The zero-order chi connectivity index (χ0) is 14.4. The lowest BCUT2D eigenvalue weighted by Crippen LogP contribution is -2.41. The topological polar surface area (TPSA) is 55.1 Å². The molecule has 0 heterocycles. The molecule has 20 heavy (non-hydrogen) atoms. The summed E-state index contributed by atoms with van der Waals surface area (Å²) < 4.78 is 0. The van der Waals surface area contributed by atoms with Crippen molar-refractivity contribution in [2.75, 3.05) is 13.1 Å². The molecule has 0 unspecified atom stereocenters. The Morgan fingerprint density at radius 1 is 1.45 bits per heavy atom. The van der Waals surface area contributed by atoms with Crippen molar-refractivity contribution in [3.63, 3.8) is 0 Å². The van der Waals surface area contributed by atoms with Gasteiger partial charge in [0.05, 0.1) is 6.54 Å². The number of nitrogens with one attached hydrogen (secondary N) is 1. The quantitative estimate of drug-likeness (QED) is 0.825. The van der Waals surface area contributed by atoms with Crippen LogP contribution in [0.1, 0.15) is 48.5 Å². The van der Waals surface area contributed by atoms with Crippen LogP contribution in [0, 0.1) is 17.3 Å². The van der Waals surface area contributed by atoms with E-state index < -0.39 is 0 Å². The first kappa shape index (κ1) is 14.6. The molecule has 3 N–H and O–H groups in total. The van der Waals surface area contributed by atoms with Crippen LogP contribution in [-0.2, 0) is 0 Å². The summed E-state index contributed by atoms with van der Waals surface area (Å²) in [5.74, 6) is 5.74. The average molecular weight is 270 g/mol. The molecule has 1 fully saturated rings. The largest absolute Gasteiger partial charge is 0.351 e. The molecule has 1 aromatic rings. The Labute approximate surface area is 120 Å². The normalized spacial score (nSPS) is 15.7. The van der Waals surface area contributed by atoms with E-state index in [1.165, 1.54) is 19.3 Å². The molecule has 106 valence electrons. The zero-order valence-electron chi connectivity index (χ0n) is 12.0. The van der Waals surface area contributed by atoms with Crippen LogP contribution in [0.5, 0.6) is 0 Å². The van der Waals surface area contributed by atoms with Crippen LogP contribution in [0.4, 0.5) is 0 Å². The number of carbonyl (C=O) groups is 1. The molecule has 1 aliphatic carbocycles. The van der Waals surface area contributed by atoms with Crippen molar-refractivity contribution in [1.82, 2.24) is 5.32 Å². The second kappa shape index (κ2) is 6.58. The van der Waals surface area contributed by atoms with Crippen LogP contribution in [-0.4, -0.2) is 19.0 Å². The molecule has 0 aromatic heterocycles. The van der Waals surface area contributed by atoms with Crippen LogP contribution < -0.4 is 11.1 Å². The van der Waals surface area contributed by atoms with E-state index in [4.69, 9.17) is 5.73 Å². The fraction of sp³-hybridized carbons (Fsp3) is 0.471. The molecular weight excluding hydrogens is 248 g/mol. The van der Waals surface area contributed by atoms with Gasteiger partial charge in [0, 0.05) is 17.7 Å². The van der Waals surface area contributed by atoms with E-state index >= 15 is 0 Å². The van der Waals surface area contributed by atoms with Gasteiger partial charge in [0.1, 0.15) is 0 Å². The fourth-order valence-corrected chi connectivity index (χ4v) is 2.59. The first-order valence-electron chi connectivity index (χ1n) is 7.26. The number of hydrogen-bond donors (Lipinski definition) is 2. The van der Waals surface area contributed by atoms with Gasteiger partial charge in [-0.25, -0.2) is 0 Å². The minimum Gasteiger partial charge on any atom is -0.351 e. The van der Waals surface area contributed by atoms with Gasteiger partial charge in [0.25, 0.3) is 5.91 Å². The molecule has 0 saturated heterocycles. The zero-order valence-corrected chi connectivity index (χ0v) is 12.0. The Morgan fingerprint density at radius 3 is 2.85 bits per heavy atom. The second-order valence-electron chi connectivity index (χ2n) is 5.48. The van der Waals surface area contributed by atoms with Gasteiger partial charge in [0.2, 0.25) is 0 Å². The van der Waals surface area contributed by atoms with E-state index in [9.17, 15) is 4.79 Å². The predicted octanol–water partition coefficient (Wildman–Crippen LogP) is 2.31. The highest BCUT2D eigenvalue weighted by atomic mass is 16.1. The van der Waals surface area contributed by atoms with E-state index in [-0.39, 0.29) is 5.91 Å². The molecule has 1 amide bonds. The summed E-state index contributed by atoms with van der Waals surface area (Å²) in [5.41, 5.74) is 7.19. The maximum absolute atomic E-state index is 12.2. The van der Waals surface area contributed by atoms with Gasteiger partial charge in [-0.1, -0.05) is 31.3 Å². The molecule has 0 radical (unpaired) electrons. The molecule has 1 aromatic carbocycles. The number of amides is 1. The van der Waals surface area contributed by atoms with Gasteiger partial charge in [-0.3, -0.25) is 4.79 Å². The third-order valence-corrected chi connectivity index (χ3v) is 4.25. The van der Waals surface area contributed by atoms with E-state index in [0.717, 1.165) is 18.5 Å². The van der Waals surface area contributed by atoms with Crippen molar-refractivity contribution in [2.45, 2.75) is 32.6 Å². The Hall–Kier alpha value is -1.79. The molecule has 0 aliphatic heterocycles. The summed E-state index contributed by atoms with van der Waals surface area (Å²) >= 11 is 0. The third kappa shape index (κ3) is 3.40. The molecule has 1 aliphatic rings. The summed E-state index contributed by atoms with van der Waals surface area (Å²) in [6, 6.07) is 7.38. The van der Waals surface area contributed by atoms with Crippen molar-refractivity contribution < 1.29 is 4.79 Å². The first-order valence-corrected chi connectivity index (χ1v) is 7.26. The van der Waals surface area contributed by atoms with Crippen molar-refractivity contribution in [3.8, 4) is 11.8 Å². The molecule has 1 saturated carbocycles. The monoisotopic (exact) mass is 270 g/mol. The van der Waals surface area contributed by atoms with Crippen LogP contribution in [0.3, 0.4) is 0 Å². The Morgan fingerprint density at radius 2 is 2.25 bits per heavy atom. The van der Waals surface area contributed by atoms with Gasteiger partial charge in [-0.2, -0.15) is 0 Å². The second-order valence-corrected chi connectivity index (χ2v) is 5.48. The van der Waals surface area contributed by atoms with E-state index in [2.05, 4.69) is 24.1 Å². The molecule has 2 rings (SSSR count). The Bertz CT molecular complexity index is 530. The van der Waals surface area contributed by atoms with Gasteiger partial charge in [-0.15, -0.1) is 0 Å². The summed E-state index contributed by atoms with van der Waals surface area (Å²) in [6.07, 6.45) is 4.88. The van der Waals surface area contributed by atoms with Crippen molar-refractivity contribution in [2.24, 2.45) is 11.1 Å². The van der Waals surface area contributed by atoms with Gasteiger partial charge in [-0.05, 0) is 42.9 Å². The van der Waals surface area contributed by atoms with Gasteiger partial charge >= 0.3 is 0 Å². The number of rotatable bonds is 4. The Kier molecular flexibility index (Phi) is 4.81.